The molecule has 2 fully saturated rings. The van der Waals surface area contributed by atoms with E-state index in [4.69, 9.17) is 37.8 Å². The Balaban J connectivity index is 1.55. The van der Waals surface area contributed by atoms with Gasteiger partial charge < -0.3 is 14.8 Å². The largest absolute Gasteiger partial charge is 0.496 e. The van der Waals surface area contributed by atoms with Gasteiger partial charge in [-0.3, -0.25) is 9.48 Å². The minimum Gasteiger partial charge on any atom is -0.496 e. The highest BCUT2D eigenvalue weighted by molar-refractivity contribution is 6.42. The molecule has 37 heavy (non-hydrogen) atoms. The smallest absolute Gasteiger partial charge is 0.272 e. The molecule has 196 valence electrons. The number of nitrogens with zero attached hydrogens (tertiary/aromatic N) is 2. The lowest BCUT2D eigenvalue weighted by atomic mass is 9.68. The standard InChI is InChI=1S/C29H33Cl2N3O3/c1-28(2)18-11-12-29(3,15-18)27(28)32-26(35)21-14-22(25-23(36-4)7-6-8-24(25)37-5)34(33-21)16-17-9-10-19(30)20(31)13-17/h6-10,13-14,18,27H,11-12,15-16H2,1-5H3,(H,32,35)/t18?,27?,29-/m0/s1. The summed E-state index contributed by atoms with van der Waals surface area (Å²) in [5.41, 5.74) is 2.85. The molecule has 2 bridgehead atoms. The van der Waals surface area contributed by atoms with Crippen LogP contribution in [0.15, 0.2) is 42.5 Å². The number of hydrogen-bond acceptors (Lipinski definition) is 4. The van der Waals surface area contributed by atoms with Gasteiger partial charge in [0.2, 0.25) is 0 Å². The average molecular weight is 543 g/mol. The third-order valence-corrected chi connectivity index (χ3v) is 9.30. The lowest BCUT2D eigenvalue weighted by Gasteiger charge is -2.42. The second kappa shape index (κ2) is 9.55. The van der Waals surface area contributed by atoms with Crippen molar-refractivity contribution in [2.45, 2.75) is 52.6 Å². The molecule has 1 N–H and O–H groups in total. The number of carbonyl (C=O) groups is 1. The van der Waals surface area contributed by atoms with Gasteiger partial charge in [-0.15, -0.1) is 0 Å². The van der Waals surface area contributed by atoms with E-state index in [9.17, 15) is 4.79 Å². The molecule has 0 saturated heterocycles. The first kappa shape index (κ1) is 25.9. The van der Waals surface area contributed by atoms with Crippen LogP contribution >= 0.6 is 23.2 Å². The summed E-state index contributed by atoms with van der Waals surface area (Å²) in [5, 5.41) is 9.10. The van der Waals surface area contributed by atoms with Crippen LogP contribution in [0.1, 0.15) is 56.1 Å². The number of halogens is 2. The van der Waals surface area contributed by atoms with Crippen LogP contribution in [-0.2, 0) is 6.54 Å². The fourth-order valence-electron chi connectivity index (χ4n) is 6.63. The summed E-state index contributed by atoms with van der Waals surface area (Å²) >= 11 is 12.4. The first-order valence-electron chi connectivity index (χ1n) is 12.6. The van der Waals surface area contributed by atoms with Crippen molar-refractivity contribution in [3.05, 3.63) is 63.8 Å². The molecule has 3 atom stereocenters. The molecule has 2 aromatic carbocycles. The lowest BCUT2D eigenvalue weighted by Crippen LogP contribution is -2.52. The molecule has 1 heterocycles. The second-order valence-corrected chi connectivity index (χ2v) is 12.0. The van der Waals surface area contributed by atoms with Crippen LogP contribution in [0.25, 0.3) is 11.3 Å². The van der Waals surface area contributed by atoms with Crippen molar-refractivity contribution >= 4 is 29.1 Å². The van der Waals surface area contributed by atoms with E-state index in [2.05, 4.69) is 26.1 Å². The number of hydrogen-bond donors (Lipinski definition) is 1. The van der Waals surface area contributed by atoms with Crippen LogP contribution in [0.2, 0.25) is 10.0 Å². The second-order valence-electron chi connectivity index (χ2n) is 11.2. The van der Waals surface area contributed by atoms with Gasteiger partial charge in [0.1, 0.15) is 11.5 Å². The Morgan fingerprint density at radius 1 is 1.08 bits per heavy atom. The highest BCUT2D eigenvalue weighted by atomic mass is 35.5. The highest BCUT2D eigenvalue weighted by Gasteiger charge is 2.59. The molecule has 1 aromatic heterocycles. The van der Waals surface area contributed by atoms with Gasteiger partial charge in [0.25, 0.3) is 5.91 Å². The third kappa shape index (κ3) is 4.48. The summed E-state index contributed by atoms with van der Waals surface area (Å²) in [7, 11) is 3.23. The SMILES string of the molecule is COc1cccc(OC)c1-c1cc(C(=O)NC2C(C)(C)C3CC[C@@]2(C)C3)nn1Cc1ccc(Cl)c(Cl)c1. The Morgan fingerprint density at radius 2 is 1.78 bits per heavy atom. The van der Waals surface area contributed by atoms with Crippen molar-refractivity contribution in [3.8, 4) is 22.8 Å². The Kier molecular flexibility index (Phi) is 6.70. The quantitative estimate of drug-likeness (QED) is 0.354. The molecule has 5 rings (SSSR count). The average Bonchev–Trinajstić information content (AvgIpc) is 3.52. The van der Waals surface area contributed by atoms with Crippen LogP contribution in [0.4, 0.5) is 0 Å². The molecule has 6 nitrogen and oxygen atoms in total. The first-order valence-corrected chi connectivity index (χ1v) is 13.4. The van der Waals surface area contributed by atoms with Gasteiger partial charge in [0, 0.05) is 6.04 Å². The van der Waals surface area contributed by atoms with E-state index in [1.807, 2.05) is 36.4 Å². The monoisotopic (exact) mass is 541 g/mol. The van der Waals surface area contributed by atoms with Crippen molar-refractivity contribution in [1.82, 2.24) is 15.1 Å². The fraction of sp³-hybridized carbons (Fsp3) is 0.448. The Hall–Kier alpha value is -2.70. The summed E-state index contributed by atoms with van der Waals surface area (Å²) in [6.07, 6.45) is 3.52. The van der Waals surface area contributed by atoms with Crippen molar-refractivity contribution in [2.24, 2.45) is 16.7 Å². The summed E-state index contributed by atoms with van der Waals surface area (Å²) in [4.78, 5) is 13.7. The Labute approximate surface area is 228 Å². The maximum Gasteiger partial charge on any atom is 0.272 e. The van der Waals surface area contributed by atoms with Gasteiger partial charge in [0.15, 0.2) is 5.69 Å². The van der Waals surface area contributed by atoms with E-state index in [0.717, 1.165) is 24.0 Å². The summed E-state index contributed by atoms with van der Waals surface area (Å²) in [6.45, 7) is 7.25. The molecule has 2 aliphatic carbocycles. The Morgan fingerprint density at radius 3 is 2.38 bits per heavy atom. The van der Waals surface area contributed by atoms with Crippen LogP contribution in [0.5, 0.6) is 11.5 Å². The molecule has 0 radical (unpaired) electrons. The third-order valence-electron chi connectivity index (χ3n) is 8.56. The number of aromatic nitrogens is 2. The predicted molar refractivity (Wildman–Crippen MR) is 147 cm³/mol. The number of rotatable bonds is 7. The number of carbonyl (C=O) groups excluding carboxylic acids is 1. The van der Waals surface area contributed by atoms with E-state index < -0.39 is 0 Å². The van der Waals surface area contributed by atoms with Crippen LogP contribution in [-0.4, -0.2) is 35.9 Å². The van der Waals surface area contributed by atoms with Gasteiger partial charge in [-0.1, -0.05) is 56.1 Å². The minimum atomic E-state index is -0.171. The van der Waals surface area contributed by atoms with Gasteiger partial charge in [-0.2, -0.15) is 5.10 Å². The molecule has 0 aliphatic heterocycles. The van der Waals surface area contributed by atoms with E-state index >= 15 is 0 Å². The summed E-state index contributed by atoms with van der Waals surface area (Å²) in [5.74, 6) is 1.71. The number of ether oxygens (including phenoxy) is 2. The predicted octanol–water partition coefficient (Wildman–Crippen LogP) is 6.87. The van der Waals surface area contributed by atoms with E-state index in [1.54, 1.807) is 25.0 Å². The van der Waals surface area contributed by atoms with E-state index in [0.29, 0.717) is 45.4 Å². The molecule has 2 unspecified atom stereocenters. The van der Waals surface area contributed by atoms with Crippen molar-refractivity contribution in [3.63, 3.8) is 0 Å². The van der Waals surface area contributed by atoms with Crippen LogP contribution < -0.4 is 14.8 Å². The molecular formula is C29H33Cl2N3O3. The number of amides is 1. The zero-order valence-corrected chi connectivity index (χ0v) is 23.4. The van der Waals surface area contributed by atoms with Gasteiger partial charge in [0.05, 0.1) is 42.1 Å². The minimum absolute atomic E-state index is 0.0416. The van der Waals surface area contributed by atoms with Gasteiger partial charge in [-0.25, -0.2) is 0 Å². The van der Waals surface area contributed by atoms with Crippen molar-refractivity contribution < 1.29 is 14.3 Å². The lowest BCUT2D eigenvalue weighted by molar-refractivity contribution is 0.0732. The fourth-order valence-corrected chi connectivity index (χ4v) is 6.95. The number of fused-ring (bicyclic) bond motifs is 2. The zero-order chi connectivity index (χ0) is 26.5. The molecule has 0 spiro atoms. The van der Waals surface area contributed by atoms with E-state index in [-0.39, 0.29) is 22.8 Å². The number of benzene rings is 2. The van der Waals surface area contributed by atoms with Crippen molar-refractivity contribution in [2.75, 3.05) is 14.2 Å². The zero-order valence-electron chi connectivity index (χ0n) is 21.9. The normalized spacial score (nSPS) is 23.8. The molecule has 8 heteroatoms. The number of methoxy groups -OCH3 is 2. The van der Waals surface area contributed by atoms with Gasteiger partial charge in [-0.05, 0) is 71.9 Å². The van der Waals surface area contributed by atoms with Crippen molar-refractivity contribution in [1.29, 1.82) is 0 Å². The molecule has 2 aliphatic rings. The van der Waals surface area contributed by atoms with Crippen LogP contribution in [0.3, 0.4) is 0 Å². The summed E-state index contributed by atoms with van der Waals surface area (Å²) < 4.78 is 13.1. The maximum absolute atomic E-state index is 13.7. The highest BCUT2D eigenvalue weighted by Crippen LogP contribution is 2.62. The maximum atomic E-state index is 13.7. The Bertz CT molecular complexity index is 1330. The van der Waals surface area contributed by atoms with Crippen LogP contribution in [0, 0.1) is 16.7 Å². The van der Waals surface area contributed by atoms with E-state index in [1.165, 1.54) is 6.42 Å². The molecular weight excluding hydrogens is 509 g/mol. The summed E-state index contributed by atoms with van der Waals surface area (Å²) in [6, 6.07) is 13.0. The number of nitrogens with one attached hydrogen (secondary N) is 1. The topological polar surface area (TPSA) is 65.4 Å². The van der Waals surface area contributed by atoms with Gasteiger partial charge >= 0.3 is 0 Å². The molecule has 1 amide bonds. The molecule has 3 aromatic rings. The first-order chi connectivity index (χ1) is 17.6. The molecule has 2 saturated carbocycles.